The Hall–Kier alpha value is -3.51. The van der Waals surface area contributed by atoms with Crippen LogP contribution in [-0.4, -0.2) is 56.0 Å². The maximum absolute atomic E-state index is 13.3. The van der Waals surface area contributed by atoms with E-state index in [4.69, 9.17) is 9.47 Å². The van der Waals surface area contributed by atoms with Crippen LogP contribution < -0.4 is 9.04 Å². The lowest BCUT2D eigenvalue weighted by Gasteiger charge is -2.33. The second-order valence-electron chi connectivity index (χ2n) is 11.3. The van der Waals surface area contributed by atoms with Gasteiger partial charge in [0, 0.05) is 25.9 Å². The van der Waals surface area contributed by atoms with E-state index in [2.05, 4.69) is 6.07 Å². The molecule has 8 nitrogen and oxygen atoms in total. The Bertz CT molecular complexity index is 1410. The van der Waals surface area contributed by atoms with Crippen LogP contribution in [0.4, 0.5) is 10.5 Å². The normalized spacial score (nSPS) is 18.3. The first-order chi connectivity index (χ1) is 18.9. The molecular formula is C31H39N3O5S. The van der Waals surface area contributed by atoms with E-state index in [-0.39, 0.29) is 24.0 Å². The van der Waals surface area contributed by atoms with Crippen molar-refractivity contribution in [2.45, 2.75) is 78.0 Å². The fourth-order valence-corrected chi connectivity index (χ4v) is 6.61. The number of carbonyl (C=O) groups is 1. The average Bonchev–Trinajstić information content (AvgIpc) is 3.30. The molecule has 2 aliphatic heterocycles. The third-order valence-corrected chi connectivity index (χ3v) is 9.03. The summed E-state index contributed by atoms with van der Waals surface area (Å²) in [6, 6.07) is 14.8. The molecule has 0 bridgehead atoms. The van der Waals surface area contributed by atoms with E-state index in [1.807, 2.05) is 70.2 Å². The molecule has 0 radical (unpaired) electrons. The molecule has 2 aromatic rings. The molecule has 1 fully saturated rings. The summed E-state index contributed by atoms with van der Waals surface area (Å²) in [5.74, 6) is 0.700. The first-order valence-electron chi connectivity index (χ1n) is 13.9. The van der Waals surface area contributed by atoms with Crippen molar-refractivity contribution in [1.29, 1.82) is 5.26 Å². The van der Waals surface area contributed by atoms with Gasteiger partial charge in [0.05, 0.1) is 29.1 Å². The highest BCUT2D eigenvalue weighted by atomic mass is 32.2. The Morgan fingerprint density at radius 1 is 1.12 bits per heavy atom. The molecule has 1 unspecified atom stereocenters. The predicted molar refractivity (Wildman–Crippen MR) is 157 cm³/mol. The van der Waals surface area contributed by atoms with Crippen LogP contribution in [0, 0.1) is 11.3 Å². The number of ether oxygens (including phenoxy) is 2. The van der Waals surface area contributed by atoms with Gasteiger partial charge in [-0.05, 0) is 87.6 Å². The number of nitriles is 1. The van der Waals surface area contributed by atoms with Gasteiger partial charge in [0.25, 0.3) is 0 Å². The van der Waals surface area contributed by atoms with Crippen LogP contribution in [0.25, 0.3) is 6.08 Å². The Labute approximate surface area is 238 Å². The van der Waals surface area contributed by atoms with Crippen LogP contribution in [0.15, 0.2) is 48.0 Å². The molecule has 1 amide bonds. The number of sulfonamides is 1. The fraction of sp³-hybridized carbons (Fsp3) is 0.484. The fourth-order valence-electron chi connectivity index (χ4n) is 5.26. The van der Waals surface area contributed by atoms with E-state index in [0.29, 0.717) is 55.8 Å². The van der Waals surface area contributed by atoms with E-state index < -0.39 is 15.6 Å². The highest BCUT2D eigenvalue weighted by Gasteiger charge is 2.38. The van der Waals surface area contributed by atoms with E-state index in [9.17, 15) is 18.5 Å². The Morgan fingerprint density at radius 2 is 1.85 bits per heavy atom. The van der Waals surface area contributed by atoms with Crippen LogP contribution in [0.1, 0.15) is 70.6 Å². The number of likely N-dealkylation sites (tertiary alicyclic amines) is 1. The first kappa shape index (κ1) is 29.5. The molecule has 2 heterocycles. The molecule has 1 atom stereocenters. The Balaban J connectivity index is 1.53. The van der Waals surface area contributed by atoms with Crippen molar-refractivity contribution in [3.05, 3.63) is 64.7 Å². The Morgan fingerprint density at radius 3 is 2.48 bits per heavy atom. The van der Waals surface area contributed by atoms with Gasteiger partial charge in [0.15, 0.2) is 0 Å². The van der Waals surface area contributed by atoms with Crippen molar-refractivity contribution in [2.75, 3.05) is 23.1 Å². The number of anilines is 1. The third-order valence-electron chi connectivity index (χ3n) is 7.25. The van der Waals surface area contributed by atoms with Crippen molar-refractivity contribution in [3.63, 3.8) is 0 Å². The van der Waals surface area contributed by atoms with Crippen LogP contribution in [0.5, 0.6) is 5.75 Å². The molecule has 2 aliphatic rings. The molecule has 1 saturated heterocycles. The van der Waals surface area contributed by atoms with Crippen LogP contribution in [-0.2, 0) is 21.2 Å². The lowest BCUT2D eigenvalue weighted by atomic mass is 9.98. The number of amides is 1. The van der Waals surface area contributed by atoms with Gasteiger partial charge >= 0.3 is 6.09 Å². The quantitative estimate of drug-likeness (QED) is 0.414. The summed E-state index contributed by atoms with van der Waals surface area (Å²) in [4.78, 5) is 14.1. The summed E-state index contributed by atoms with van der Waals surface area (Å²) in [6.45, 7) is 10.4. The number of nitrogens with zero attached hydrogens (tertiary/aromatic N) is 3. The zero-order valence-electron chi connectivity index (χ0n) is 24.0. The third kappa shape index (κ3) is 6.79. The minimum absolute atomic E-state index is 0.00166. The molecule has 40 heavy (non-hydrogen) atoms. The zero-order valence-corrected chi connectivity index (χ0v) is 24.8. The van der Waals surface area contributed by atoms with Gasteiger partial charge in [-0.25, -0.2) is 13.2 Å². The maximum Gasteiger partial charge on any atom is 0.410 e. The summed E-state index contributed by atoms with van der Waals surface area (Å²) in [7, 11) is -3.54. The van der Waals surface area contributed by atoms with Gasteiger partial charge in [0.1, 0.15) is 17.5 Å². The zero-order chi connectivity index (χ0) is 29.1. The smallest absolute Gasteiger partial charge is 0.410 e. The molecule has 214 valence electrons. The SMILES string of the molecule is CC/C(=C\c1cccc(C#N)c1)C1Cc2cc(OC3CCN(C(=O)OC(C)(C)C)CC3)ccc2N1S(=O)(=O)CC. The molecule has 0 aromatic heterocycles. The molecular weight excluding hydrogens is 526 g/mol. The van der Waals surface area contributed by atoms with Gasteiger partial charge in [0.2, 0.25) is 10.0 Å². The standard InChI is InChI=1S/C31H39N3O5S/c1-6-24(18-22-9-8-10-23(17-22)21-32)29-20-25-19-27(11-12-28(25)34(29)40(36,37)7-2)38-26-13-15-33(16-14-26)30(35)39-31(3,4)5/h8-12,17-19,26,29H,6-7,13-16,20H2,1-5H3/b24-18+. The molecule has 4 rings (SSSR count). The van der Waals surface area contributed by atoms with Crippen molar-refractivity contribution in [1.82, 2.24) is 4.90 Å². The predicted octanol–water partition coefficient (Wildman–Crippen LogP) is 5.91. The topological polar surface area (TPSA) is 99.9 Å². The molecule has 9 heteroatoms. The van der Waals surface area contributed by atoms with Gasteiger partial charge in [-0.3, -0.25) is 4.31 Å². The summed E-state index contributed by atoms with van der Waals surface area (Å²) >= 11 is 0. The number of fused-ring (bicyclic) bond motifs is 1. The monoisotopic (exact) mass is 565 g/mol. The summed E-state index contributed by atoms with van der Waals surface area (Å²) in [5.41, 5.74) is 3.51. The number of hydrogen-bond acceptors (Lipinski definition) is 6. The minimum atomic E-state index is -3.54. The number of piperidine rings is 1. The minimum Gasteiger partial charge on any atom is -0.490 e. The van der Waals surface area contributed by atoms with E-state index >= 15 is 0 Å². The highest BCUT2D eigenvalue weighted by Crippen LogP contribution is 2.41. The molecule has 0 saturated carbocycles. The van der Waals surface area contributed by atoms with Crippen molar-refractivity contribution >= 4 is 27.9 Å². The van der Waals surface area contributed by atoms with Crippen molar-refractivity contribution in [3.8, 4) is 11.8 Å². The second-order valence-corrected chi connectivity index (χ2v) is 13.4. The molecule has 0 N–H and O–H groups in total. The number of hydrogen-bond donors (Lipinski definition) is 0. The average molecular weight is 566 g/mol. The van der Waals surface area contributed by atoms with Crippen molar-refractivity contribution in [2.24, 2.45) is 0 Å². The summed E-state index contributed by atoms with van der Waals surface area (Å²) < 4.78 is 40.0. The van der Waals surface area contributed by atoms with Crippen molar-refractivity contribution < 1.29 is 22.7 Å². The van der Waals surface area contributed by atoms with Crippen LogP contribution in [0.2, 0.25) is 0 Å². The molecule has 2 aromatic carbocycles. The Kier molecular flexibility index (Phi) is 8.79. The number of benzene rings is 2. The summed E-state index contributed by atoms with van der Waals surface area (Å²) in [6.07, 6.45) is 4.27. The lowest BCUT2D eigenvalue weighted by Crippen LogP contribution is -2.44. The van der Waals surface area contributed by atoms with Gasteiger partial charge in [-0.15, -0.1) is 0 Å². The van der Waals surface area contributed by atoms with E-state index in [0.717, 1.165) is 16.7 Å². The first-order valence-corrected chi connectivity index (χ1v) is 15.5. The van der Waals surface area contributed by atoms with E-state index in [1.165, 1.54) is 0 Å². The number of carbonyl (C=O) groups excluding carboxylic acids is 1. The second kappa shape index (κ2) is 11.9. The van der Waals surface area contributed by atoms with Gasteiger partial charge in [-0.2, -0.15) is 5.26 Å². The lowest BCUT2D eigenvalue weighted by molar-refractivity contribution is 0.0126. The highest BCUT2D eigenvalue weighted by molar-refractivity contribution is 7.92. The number of rotatable bonds is 7. The molecule has 0 spiro atoms. The maximum atomic E-state index is 13.3. The van der Waals surface area contributed by atoms with Crippen LogP contribution >= 0.6 is 0 Å². The van der Waals surface area contributed by atoms with Gasteiger partial charge < -0.3 is 14.4 Å². The summed E-state index contributed by atoms with van der Waals surface area (Å²) in [5, 5.41) is 9.29. The largest absolute Gasteiger partial charge is 0.490 e. The van der Waals surface area contributed by atoms with E-state index in [1.54, 1.807) is 22.2 Å². The van der Waals surface area contributed by atoms with Crippen LogP contribution in [0.3, 0.4) is 0 Å². The van der Waals surface area contributed by atoms with Gasteiger partial charge in [-0.1, -0.05) is 25.1 Å². The molecule has 0 aliphatic carbocycles.